The topological polar surface area (TPSA) is 42.4 Å². The Labute approximate surface area is 117 Å². The molecule has 1 aromatic rings. The molecule has 0 radical (unpaired) electrons. The van der Waals surface area contributed by atoms with Crippen molar-refractivity contribution in [3.05, 3.63) is 35.3 Å². The summed E-state index contributed by atoms with van der Waals surface area (Å²) in [5.41, 5.74) is 2.02. The van der Waals surface area contributed by atoms with E-state index in [1.165, 1.54) is 0 Å². The second-order valence-corrected chi connectivity index (χ2v) is 5.22. The summed E-state index contributed by atoms with van der Waals surface area (Å²) in [4.78, 5) is 18.4. The minimum Gasteiger partial charge on any atom is -0.473 e. The molecule has 2 aliphatic rings. The minimum absolute atomic E-state index is 0.0689. The number of hydrogen-bond acceptors (Lipinski definition) is 3. The van der Waals surface area contributed by atoms with Gasteiger partial charge in [0.15, 0.2) is 0 Å². The van der Waals surface area contributed by atoms with E-state index in [4.69, 9.17) is 4.74 Å². The van der Waals surface area contributed by atoms with Crippen molar-refractivity contribution in [3.63, 3.8) is 0 Å². The van der Waals surface area contributed by atoms with Crippen LogP contribution in [0.15, 0.2) is 24.0 Å². The van der Waals surface area contributed by atoms with Crippen molar-refractivity contribution in [2.75, 3.05) is 6.61 Å². The monoisotopic (exact) mass is 276 g/mol. The lowest BCUT2D eigenvalue weighted by Gasteiger charge is -2.12. The van der Waals surface area contributed by atoms with Gasteiger partial charge in [0.25, 0.3) is 5.91 Å². The van der Waals surface area contributed by atoms with Crippen LogP contribution in [0.2, 0.25) is 0 Å². The molecule has 0 saturated heterocycles. The molecule has 0 N–H and O–H groups in total. The Balaban J connectivity index is 1.71. The SMILES string of the molecule is CC/C(=C\F)COc1ccc2c(n1)CN(C1CC1)C2=O. The summed E-state index contributed by atoms with van der Waals surface area (Å²) in [7, 11) is 0. The number of carbonyl (C=O) groups excluding carboxylic acids is 1. The summed E-state index contributed by atoms with van der Waals surface area (Å²) < 4.78 is 17.9. The van der Waals surface area contributed by atoms with Gasteiger partial charge < -0.3 is 9.64 Å². The summed E-state index contributed by atoms with van der Waals surface area (Å²) in [5, 5.41) is 0. The van der Waals surface area contributed by atoms with Crippen LogP contribution < -0.4 is 4.74 Å². The molecule has 0 unspecified atom stereocenters. The Morgan fingerprint density at radius 3 is 3.00 bits per heavy atom. The molecule has 1 saturated carbocycles. The van der Waals surface area contributed by atoms with Crippen molar-refractivity contribution in [2.45, 2.75) is 38.8 Å². The summed E-state index contributed by atoms with van der Waals surface area (Å²) in [6.07, 6.45) is 3.36. The number of pyridine rings is 1. The van der Waals surface area contributed by atoms with E-state index in [-0.39, 0.29) is 12.5 Å². The highest BCUT2D eigenvalue weighted by Gasteiger charge is 2.38. The first-order valence-electron chi connectivity index (χ1n) is 6.94. The van der Waals surface area contributed by atoms with Gasteiger partial charge in [-0.2, -0.15) is 0 Å². The maximum absolute atomic E-state index is 12.5. The average molecular weight is 276 g/mol. The zero-order valence-electron chi connectivity index (χ0n) is 11.4. The molecule has 0 spiro atoms. The molecule has 2 heterocycles. The van der Waals surface area contributed by atoms with Gasteiger partial charge in [0, 0.05) is 12.1 Å². The van der Waals surface area contributed by atoms with Crippen LogP contribution in [0, 0.1) is 0 Å². The van der Waals surface area contributed by atoms with Gasteiger partial charge in [0.2, 0.25) is 5.88 Å². The summed E-state index contributed by atoms with van der Waals surface area (Å²) in [5.74, 6) is 0.515. The Hall–Kier alpha value is -1.91. The number of amides is 1. The van der Waals surface area contributed by atoms with Crippen LogP contribution in [-0.4, -0.2) is 28.4 Å². The van der Waals surface area contributed by atoms with Gasteiger partial charge in [-0.3, -0.25) is 4.79 Å². The number of aromatic nitrogens is 1. The zero-order valence-corrected chi connectivity index (χ0v) is 11.4. The highest BCUT2D eigenvalue weighted by molar-refractivity contribution is 5.98. The molecular formula is C15H17FN2O2. The standard InChI is InChI=1S/C15H17FN2O2/c1-2-10(7-16)9-20-14-6-5-12-13(17-14)8-18(15(12)19)11-3-4-11/h5-7,11H,2-4,8-9H2,1H3/b10-7+. The molecule has 1 aliphatic carbocycles. The van der Waals surface area contributed by atoms with Gasteiger partial charge in [-0.05, 0) is 30.9 Å². The normalized spacial score (nSPS) is 18.4. The summed E-state index contributed by atoms with van der Waals surface area (Å²) in [6, 6.07) is 3.83. The first-order chi connectivity index (χ1) is 9.72. The van der Waals surface area contributed by atoms with E-state index >= 15 is 0 Å². The molecule has 20 heavy (non-hydrogen) atoms. The van der Waals surface area contributed by atoms with Crippen molar-refractivity contribution in [1.29, 1.82) is 0 Å². The first kappa shape index (κ1) is 13.1. The second-order valence-electron chi connectivity index (χ2n) is 5.22. The van der Waals surface area contributed by atoms with E-state index < -0.39 is 0 Å². The average Bonchev–Trinajstić information content (AvgIpc) is 3.25. The van der Waals surface area contributed by atoms with Crippen LogP contribution in [0.4, 0.5) is 4.39 Å². The third-order valence-corrected chi connectivity index (χ3v) is 3.76. The number of rotatable bonds is 5. The molecule has 0 atom stereocenters. The number of ether oxygens (including phenoxy) is 1. The van der Waals surface area contributed by atoms with Gasteiger partial charge in [0.05, 0.1) is 24.1 Å². The number of nitrogens with zero attached hydrogens (tertiary/aromatic N) is 2. The maximum Gasteiger partial charge on any atom is 0.256 e. The second kappa shape index (κ2) is 5.23. The Morgan fingerprint density at radius 1 is 1.55 bits per heavy atom. The molecule has 1 aliphatic heterocycles. The van der Waals surface area contributed by atoms with E-state index in [1.807, 2.05) is 11.8 Å². The van der Waals surface area contributed by atoms with Gasteiger partial charge in [-0.1, -0.05) is 6.92 Å². The van der Waals surface area contributed by atoms with Crippen LogP contribution >= 0.6 is 0 Å². The molecule has 4 nitrogen and oxygen atoms in total. The molecule has 1 fully saturated rings. The molecule has 106 valence electrons. The van der Waals surface area contributed by atoms with Gasteiger partial charge in [0.1, 0.15) is 6.61 Å². The quantitative estimate of drug-likeness (QED) is 0.830. The van der Waals surface area contributed by atoms with Crippen LogP contribution in [0.25, 0.3) is 0 Å². The summed E-state index contributed by atoms with van der Waals surface area (Å²) >= 11 is 0. The van der Waals surface area contributed by atoms with Crippen LogP contribution in [0.1, 0.15) is 42.2 Å². The van der Waals surface area contributed by atoms with Gasteiger partial charge >= 0.3 is 0 Å². The lowest BCUT2D eigenvalue weighted by Crippen LogP contribution is -2.25. The lowest BCUT2D eigenvalue weighted by atomic mass is 10.2. The molecule has 0 bridgehead atoms. The third-order valence-electron chi connectivity index (χ3n) is 3.76. The fraction of sp³-hybridized carbons (Fsp3) is 0.467. The number of carbonyl (C=O) groups is 1. The van der Waals surface area contributed by atoms with Gasteiger partial charge in [-0.25, -0.2) is 9.37 Å². The van der Waals surface area contributed by atoms with Crippen molar-refractivity contribution in [3.8, 4) is 5.88 Å². The smallest absolute Gasteiger partial charge is 0.256 e. The van der Waals surface area contributed by atoms with Crippen LogP contribution in [0.3, 0.4) is 0 Å². The number of hydrogen-bond donors (Lipinski definition) is 0. The van der Waals surface area contributed by atoms with E-state index in [0.717, 1.165) is 18.5 Å². The van der Waals surface area contributed by atoms with Crippen molar-refractivity contribution < 1.29 is 13.9 Å². The fourth-order valence-electron chi connectivity index (χ4n) is 2.32. The maximum atomic E-state index is 12.5. The van der Waals surface area contributed by atoms with E-state index in [0.29, 0.717) is 42.4 Å². The lowest BCUT2D eigenvalue weighted by molar-refractivity contribution is 0.0766. The van der Waals surface area contributed by atoms with Crippen LogP contribution in [-0.2, 0) is 6.54 Å². The third kappa shape index (κ3) is 2.40. The number of halogens is 1. The Bertz CT molecular complexity index is 567. The molecule has 1 amide bonds. The molecule has 1 aromatic heterocycles. The highest BCUT2D eigenvalue weighted by Crippen LogP contribution is 2.34. The highest BCUT2D eigenvalue weighted by atomic mass is 19.1. The first-order valence-corrected chi connectivity index (χ1v) is 6.94. The molecule has 0 aromatic carbocycles. The largest absolute Gasteiger partial charge is 0.473 e. The van der Waals surface area contributed by atoms with E-state index in [1.54, 1.807) is 12.1 Å². The van der Waals surface area contributed by atoms with E-state index in [9.17, 15) is 9.18 Å². The predicted octanol–water partition coefficient (Wildman–Crippen LogP) is 2.84. The van der Waals surface area contributed by atoms with Gasteiger partial charge in [-0.15, -0.1) is 0 Å². The minimum atomic E-state index is 0.0689. The summed E-state index contributed by atoms with van der Waals surface area (Å²) in [6.45, 7) is 2.63. The zero-order chi connectivity index (χ0) is 14.1. The number of fused-ring (bicyclic) bond motifs is 1. The van der Waals surface area contributed by atoms with Crippen molar-refractivity contribution in [2.24, 2.45) is 0 Å². The molecular weight excluding hydrogens is 259 g/mol. The predicted molar refractivity (Wildman–Crippen MR) is 72.1 cm³/mol. The van der Waals surface area contributed by atoms with Crippen LogP contribution in [0.5, 0.6) is 5.88 Å². The van der Waals surface area contributed by atoms with E-state index in [2.05, 4.69) is 4.98 Å². The Morgan fingerprint density at radius 2 is 2.35 bits per heavy atom. The molecule has 3 rings (SSSR count). The van der Waals surface area contributed by atoms with Crippen molar-refractivity contribution in [1.82, 2.24) is 9.88 Å². The fourth-order valence-corrected chi connectivity index (χ4v) is 2.32. The molecule has 5 heteroatoms. The Kier molecular flexibility index (Phi) is 3.42. The van der Waals surface area contributed by atoms with Crippen molar-refractivity contribution >= 4 is 5.91 Å².